The van der Waals surface area contributed by atoms with Gasteiger partial charge in [-0.25, -0.2) is 12.7 Å². The zero-order chi connectivity index (χ0) is 22.5. The first kappa shape index (κ1) is 20.9. The molecule has 1 unspecified atom stereocenters. The highest BCUT2D eigenvalue weighted by atomic mass is 32.2. The van der Waals surface area contributed by atoms with Gasteiger partial charge >= 0.3 is 0 Å². The van der Waals surface area contributed by atoms with E-state index in [2.05, 4.69) is 27.0 Å². The molecule has 32 heavy (non-hydrogen) atoms. The molecule has 0 saturated carbocycles. The Hall–Kier alpha value is -2.94. The van der Waals surface area contributed by atoms with Gasteiger partial charge in [-0.05, 0) is 47.7 Å². The van der Waals surface area contributed by atoms with E-state index in [0.717, 1.165) is 59.1 Å². The Kier molecular flexibility index (Phi) is 5.16. The standard InChI is InChI=1S/C24H26N4O3S/c1-27(32(2,30)31)19-9-10-28(15-19)14-16-7-8-22-18(11-16)13-23(25-22)20-12-17-5-3-4-6-21(17)26-24(20)29/h3-8,11-13,19,25H,9-10,14-15H2,1-2H3,(H,26,29). The van der Waals surface area contributed by atoms with E-state index < -0.39 is 10.0 Å². The predicted octanol–water partition coefficient (Wildman–Crippen LogP) is 3.14. The number of fused-ring (bicyclic) bond motifs is 2. The first-order valence-corrected chi connectivity index (χ1v) is 12.5. The van der Waals surface area contributed by atoms with Crippen molar-refractivity contribution in [2.75, 3.05) is 26.4 Å². The van der Waals surface area contributed by atoms with Crippen molar-refractivity contribution in [1.29, 1.82) is 0 Å². The third-order valence-corrected chi connectivity index (χ3v) is 7.76. The van der Waals surface area contributed by atoms with E-state index in [9.17, 15) is 13.2 Å². The average molecular weight is 451 g/mol. The average Bonchev–Trinajstić information content (AvgIpc) is 3.38. The Balaban J connectivity index is 1.38. The SMILES string of the molecule is CN(C1CCN(Cc2ccc3[nH]c(-c4cc5ccccc5[nH]c4=O)cc3c2)C1)S(C)(=O)=O. The molecule has 0 bridgehead atoms. The minimum absolute atomic E-state index is 0.0206. The predicted molar refractivity (Wildman–Crippen MR) is 128 cm³/mol. The summed E-state index contributed by atoms with van der Waals surface area (Å²) in [5, 5.41) is 2.04. The molecular weight excluding hydrogens is 424 g/mol. The van der Waals surface area contributed by atoms with Gasteiger partial charge < -0.3 is 9.97 Å². The van der Waals surface area contributed by atoms with Gasteiger partial charge in [-0.15, -0.1) is 0 Å². The Labute approximate surface area is 186 Å². The van der Waals surface area contributed by atoms with Crippen molar-refractivity contribution in [3.8, 4) is 11.3 Å². The van der Waals surface area contributed by atoms with E-state index >= 15 is 0 Å². The molecule has 3 heterocycles. The summed E-state index contributed by atoms with van der Waals surface area (Å²) >= 11 is 0. The van der Waals surface area contributed by atoms with Crippen LogP contribution in [-0.2, 0) is 16.6 Å². The number of rotatable bonds is 5. The number of pyridine rings is 1. The highest BCUT2D eigenvalue weighted by Gasteiger charge is 2.30. The first-order chi connectivity index (χ1) is 15.3. The van der Waals surface area contributed by atoms with Crippen molar-refractivity contribution in [2.45, 2.75) is 19.0 Å². The van der Waals surface area contributed by atoms with E-state index in [4.69, 9.17) is 0 Å². The monoisotopic (exact) mass is 450 g/mol. The maximum absolute atomic E-state index is 12.6. The summed E-state index contributed by atoms with van der Waals surface area (Å²) in [4.78, 5) is 21.2. The van der Waals surface area contributed by atoms with Gasteiger partial charge in [-0.1, -0.05) is 24.3 Å². The van der Waals surface area contributed by atoms with Crippen molar-refractivity contribution in [3.63, 3.8) is 0 Å². The fourth-order valence-electron chi connectivity index (χ4n) is 4.55. The third-order valence-electron chi connectivity index (χ3n) is 6.42. The minimum Gasteiger partial charge on any atom is -0.354 e. The summed E-state index contributed by atoms with van der Waals surface area (Å²) in [5.41, 5.74) is 4.26. The number of likely N-dealkylation sites (N-methyl/N-ethyl adjacent to an activating group) is 1. The molecule has 4 aromatic rings. The fourth-order valence-corrected chi connectivity index (χ4v) is 5.27. The lowest BCUT2D eigenvalue weighted by Gasteiger charge is -2.22. The molecular formula is C24H26N4O3S. The van der Waals surface area contributed by atoms with Gasteiger partial charge in [0, 0.05) is 49.1 Å². The van der Waals surface area contributed by atoms with Crippen LogP contribution in [0.1, 0.15) is 12.0 Å². The molecule has 2 aromatic heterocycles. The molecule has 1 saturated heterocycles. The zero-order valence-corrected chi connectivity index (χ0v) is 18.9. The summed E-state index contributed by atoms with van der Waals surface area (Å²) in [6.45, 7) is 2.36. The molecule has 7 nitrogen and oxygen atoms in total. The van der Waals surface area contributed by atoms with Crippen LogP contribution in [0.3, 0.4) is 0 Å². The summed E-state index contributed by atoms with van der Waals surface area (Å²) in [5.74, 6) is 0. The lowest BCUT2D eigenvalue weighted by Crippen LogP contribution is -2.38. The fraction of sp³-hybridized carbons (Fsp3) is 0.292. The number of likely N-dealkylation sites (tertiary alicyclic amines) is 1. The molecule has 1 fully saturated rings. The maximum Gasteiger partial charge on any atom is 0.257 e. The van der Waals surface area contributed by atoms with Gasteiger partial charge in [0.1, 0.15) is 0 Å². The molecule has 2 N–H and O–H groups in total. The topological polar surface area (TPSA) is 89.3 Å². The van der Waals surface area contributed by atoms with Crippen LogP contribution in [-0.4, -0.2) is 60.0 Å². The molecule has 5 rings (SSSR count). The number of benzene rings is 2. The van der Waals surface area contributed by atoms with Gasteiger partial charge in [0.05, 0.1) is 17.5 Å². The molecule has 1 aliphatic heterocycles. The van der Waals surface area contributed by atoms with Crippen LogP contribution in [0.4, 0.5) is 0 Å². The van der Waals surface area contributed by atoms with E-state index in [0.29, 0.717) is 5.56 Å². The van der Waals surface area contributed by atoms with Crippen LogP contribution in [0.25, 0.3) is 33.1 Å². The Morgan fingerprint density at radius 3 is 2.62 bits per heavy atom. The largest absolute Gasteiger partial charge is 0.354 e. The highest BCUT2D eigenvalue weighted by Crippen LogP contribution is 2.26. The highest BCUT2D eigenvalue weighted by molar-refractivity contribution is 7.88. The van der Waals surface area contributed by atoms with Crippen molar-refractivity contribution < 1.29 is 8.42 Å². The Bertz CT molecular complexity index is 1470. The minimum atomic E-state index is -3.18. The smallest absolute Gasteiger partial charge is 0.257 e. The van der Waals surface area contributed by atoms with Crippen LogP contribution < -0.4 is 5.56 Å². The number of hydrogen-bond acceptors (Lipinski definition) is 4. The normalized spacial score (nSPS) is 17.7. The van der Waals surface area contributed by atoms with Crippen molar-refractivity contribution in [3.05, 3.63) is 70.5 Å². The van der Waals surface area contributed by atoms with Crippen LogP contribution >= 0.6 is 0 Å². The van der Waals surface area contributed by atoms with E-state index in [1.54, 1.807) is 7.05 Å². The number of aromatic nitrogens is 2. The van der Waals surface area contributed by atoms with Crippen molar-refractivity contribution >= 4 is 31.8 Å². The van der Waals surface area contributed by atoms with Gasteiger partial charge in [-0.3, -0.25) is 9.69 Å². The van der Waals surface area contributed by atoms with Crippen molar-refractivity contribution in [2.24, 2.45) is 0 Å². The molecule has 2 aromatic carbocycles. The lowest BCUT2D eigenvalue weighted by molar-refractivity contribution is 0.299. The van der Waals surface area contributed by atoms with E-state index in [-0.39, 0.29) is 11.6 Å². The number of nitrogens with one attached hydrogen (secondary N) is 2. The van der Waals surface area contributed by atoms with E-state index in [1.165, 1.54) is 10.6 Å². The second kappa shape index (κ2) is 7.88. The van der Waals surface area contributed by atoms with Crippen molar-refractivity contribution in [1.82, 2.24) is 19.2 Å². The number of nitrogens with zero attached hydrogens (tertiary/aromatic N) is 2. The second-order valence-corrected chi connectivity index (χ2v) is 10.7. The molecule has 0 spiro atoms. The number of aromatic amines is 2. The summed E-state index contributed by atoms with van der Waals surface area (Å²) < 4.78 is 25.1. The van der Waals surface area contributed by atoms with Crippen LogP contribution in [0.2, 0.25) is 0 Å². The molecule has 0 radical (unpaired) electrons. The van der Waals surface area contributed by atoms with Gasteiger partial charge in [-0.2, -0.15) is 0 Å². The molecule has 1 atom stereocenters. The maximum atomic E-state index is 12.6. The van der Waals surface area contributed by atoms with Gasteiger partial charge in [0.2, 0.25) is 10.0 Å². The number of hydrogen-bond donors (Lipinski definition) is 2. The summed E-state index contributed by atoms with van der Waals surface area (Å²) in [7, 11) is -1.52. The quantitative estimate of drug-likeness (QED) is 0.489. The summed E-state index contributed by atoms with van der Waals surface area (Å²) in [6, 6.07) is 18.0. The second-order valence-electron chi connectivity index (χ2n) is 8.66. The van der Waals surface area contributed by atoms with Crippen LogP contribution in [0, 0.1) is 0 Å². The number of H-pyrrole nitrogens is 2. The van der Waals surface area contributed by atoms with Gasteiger partial charge in [0.15, 0.2) is 0 Å². The first-order valence-electron chi connectivity index (χ1n) is 10.7. The number of sulfonamides is 1. The Morgan fingerprint density at radius 1 is 1.03 bits per heavy atom. The third kappa shape index (κ3) is 3.97. The molecule has 8 heteroatoms. The number of para-hydroxylation sites is 1. The molecule has 0 aliphatic carbocycles. The zero-order valence-electron chi connectivity index (χ0n) is 18.1. The van der Waals surface area contributed by atoms with Gasteiger partial charge in [0.25, 0.3) is 5.56 Å². The lowest BCUT2D eigenvalue weighted by atomic mass is 10.1. The Morgan fingerprint density at radius 2 is 1.81 bits per heavy atom. The molecule has 0 amide bonds. The van der Waals surface area contributed by atoms with E-state index in [1.807, 2.05) is 42.5 Å². The molecule has 166 valence electrons. The molecule has 1 aliphatic rings. The van der Waals surface area contributed by atoms with Crippen LogP contribution in [0.15, 0.2) is 59.4 Å². The summed E-state index contributed by atoms with van der Waals surface area (Å²) in [6.07, 6.45) is 2.10. The van der Waals surface area contributed by atoms with Crippen LogP contribution in [0.5, 0.6) is 0 Å².